The van der Waals surface area contributed by atoms with Gasteiger partial charge in [-0.1, -0.05) is 24.3 Å². The Morgan fingerprint density at radius 3 is 2.58 bits per heavy atom. The first-order valence-electron chi connectivity index (χ1n) is 11.2. The molecule has 3 aromatic heterocycles. The van der Waals surface area contributed by atoms with Crippen molar-refractivity contribution in [3.8, 4) is 33.6 Å². The average Bonchev–Trinajstić information content (AvgIpc) is 3.28. The van der Waals surface area contributed by atoms with E-state index in [2.05, 4.69) is 38.2 Å². The summed E-state index contributed by atoms with van der Waals surface area (Å²) in [6.45, 7) is 0. The smallest absolute Gasteiger partial charge is 0.159 e. The van der Waals surface area contributed by atoms with Crippen LogP contribution in [0.1, 0.15) is 37.2 Å². The number of hydrogen-bond donors (Lipinski definition) is 0. The van der Waals surface area contributed by atoms with E-state index in [0.717, 1.165) is 52.6 Å². The second-order valence-corrected chi connectivity index (χ2v) is 8.49. The molecule has 0 saturated carbocycles. The van der Waals surface area contributed by atoms with Gasteiger partial charge < -0.3 is 0 Å². The van der Waals surface area contributed by atoms with Crippen LogP contribution in [0.2, 0.25) is 0 Å². The van der Waals surface area contributed by atoms with Crippen molar-refractivity contribution in [3.63, 3.8) is 0 Å². The van der Waals surface area contributed by atoms with E-state index in [-0.39, 0.29) is 11.7 Å². The summed E-state index contributed by atoms with van der Waals surface area (Å²) in [4.78, 5) is 25.8. The minimum absolute atomic E-state index is 0.186. The number of carbonyl (C=O) groups excluding carboxylic acids is 1. The summed E-state index contributed by atoms with van der Waals surface area (Å²) >= 11 is 0. The molecule has 1 atom stereocenters. The van der Waals surface area contributed by atoms with Crippen LogP contribution in [-0.4, -0.2) is 30.5 Å². The number of ketones is 1. The van der Waals surface area contributed by atoms with E-state index in [1.807, 2.05) is 62.4 Å². The molecule has 164 valence electrons. The van der Waals surface area contributed by atoms with E-state index in [4.69, 9.17) is 0 Å². The van der Waals surface area contributed by atoms with E-state index < -0.39 is 0 Å². The third-order valence-corrected chi connectivity index (χ3v) is 6.05. The Kier molecular flexibility index (Phi) is 5.89. The molecule has 1 aliphatic rings. The second kappa shape index (κ2) is 9.28. The Bertz CT molecular complexity index is 1310. The lowest BCUT2D eigenvalue weighted by atomic mass is 9.87. The van der Waals surface area contributed by atoms with Crippen LogP contribution in [0.3, 0.4) is 0 Å². The number of carbonyl (C=O) groups is 1. The van der Waals surface area contributed by atoms with Crippen LogP contribution in [-0.2, 0) is 11.8 Å². The fraction of sp³-hybridized carbons (Fsp3) is 0.222. The molecular weight excluding hydrogens is 410 g/mol. The molecule has 1 unspecified atom stereocenters. The third-order valence-electron chi connectivity index (χ3n) is 6.05. The first-order valence-corrected chi connectivity index (χ1v) is 11.2. The Hall–Kier alpha value is -3.93. The van der Waals surface area contributed by atoms with Crippen LogP contribution in [0.25, 0.3) is 33.6 Å². The number of rotatable bonds is 4. The van der Waals surface area contributed by atoms with Gasteiger partial charge in [-0.15, -0.1) is 0 Å². The molecule has 0 radical (unpaired) electrons. The van der Waals surface area contributed by atoms with Crippen molar-refractivity contribution in [2.45, 2.75) is 31.6 Å². The summed E-state index contributed by atoms with van der Waals surface area (Å²) in [5.41, 5.74) is 6.07. The highest BCUT2D eigenvalue weighted by Gasteiger charge is 2.17. The van der Waals surface area contributed by atoms with Gasteiger partial charge in [0.05, 0.1) is 6.20 Å². The van der Waals surface area contributed by atoms with E-state index in [1.165, 1.54) is 0 Å². The van der Waals surface area contributed by atoms with E-state index in [1.54, 1.807) is 10.8 Å². The molecule has 0 N–H and O–H groups in total. The Morgan fingerprint density at radius 2 is 1.76 bits per heavy atom. The number of nitrogens with zero attached hydrogens (tertiary/aromatic N) is 5. The van der Waals surface area contributed by atoms with Crippen molar-refractivity contribution in [1.82, 2.24) is 24.7 Å². The first kappa shape index (κ1) is 20.9. The molecule has 0 spiro atoms. The summed E-state index contributed by atoms with van der Waals surface area (Å²) in [6, 6.07) is 10.3. The lowest BCUT2D eigenvalue weighted by molar-refractivity contribution is -0.115. The number of allylic oxidation sites excluding steroid dienone is 2. The van der Waals surface area contributed by atoms with Gasteiger partial charge in [-0.25, -0.2) is 9.97 Å². The summed E-state index contributed by atoms with van der Waals surface area (Å²) in [5, 5.41) is 4.25. The zero-order chi connectivity index (χ0) is 22.6. The summed E-state index contributed by atoms with van der Waals surface area (Å²) in [5.74, 6) is 1.06. The van der Waals surface area contributed by atoms with Crippen molar-refractivity contribution < 1.29 is 4.79 Å². The van der Waals surface area contributed by atoms with Crippen molar-refractivity contribution in [2.75, 3.05) is 0 Å². The van der Waals surface area contributed by atoms with Gasteiger partial charge in [-0.3, -0.25) is 14.5 Å². The van der Waals surface area contributed by atoms with Crippen LogP contribution in [0.15, 0.2) is 79.7 Å². The number of aromatic nitrogens is 5. The molecular formula is C27H25N5O. The Labute approximate surface area is 193 Å². The lowest BCUT2D eigenvalue weighted by Gasteiger charge is -2.17. The molecule has 0 fully saturated rings. The Balaban J connectivity index is 1.39. The molecule has 1 aromatic carbocycles. The van der Waals surface area contributed by atoms with Gasteiger partial charge in [0.1, 0.15) is 0 Å². The predicted molar refractivity (Wildman–Crippen MR) is 128 cm³/mol. The van der Waals surface area contributed by atoms with E-state index >= 15 is 0 Å². The summed E-state index contributed by atoms with van der Waals surface area (Å²) in [7, 11) is 1.91. The molecule has 4 aromatic rings. The van der Waals surface area contributed by atoms with Gasteiger partial charge in [0.25, 0.3) is 0 Å². The van der Waals surface area contributed by atoms with Gasteiger partial charge in [-0.2, -0.15) is 5.10 Å². The number of hydrogen-bond acceptors (Lipinski definition) is 5. The SMILES string of the molecule is Cn1cc(-c2cccc(-c3ncc(-c4cncc(C5CCCC=CC(=O)C5)c4)cn3)c2)cn1. The first-order chi connectivity index (χ1) is 16.2. The minimum atomic E-state index is 0.186. The van der Waals surface area contributed by atoms with Gasteiger partial charge >= 0.3 is 0 Å². The van der Waals surface area contributed by atoms with Crippen molar-refractivity contribution in [2.24, 2.45) is 7.05 Å². The zero-order valence-corrected chi connectivity index (χ0v) is 18.6. The number of pyridine rings is 1. The average molecular weight is 436 g/mol. The summed E-state index contributed by atoms with van der Waals surface area (Å²) in [6.07, 6.45) is 18.5. The monoisotopic (exact) mass is 435 g/mol. The number of aryl methyl sites for hydroxylation is 1. The molecule has 33 heavy (non-hydrogen) atoms. The quantitative estimate of drug-likeness (QED) is 0.430. The summed E-state index contributed by atoms with van der Waals surface area (Å²) < 4.78 is 1.79. The zero-order valence-electron chi connectivity index (χ0n) is 18.6. The second-order valence-electron chi connectivity index (χ2n) is 8.49. The van der Waals surface area contributed by atoms with Crippen LogP contribution in [0, 0.1) is 0 Å². The van der Waals surface area contributed by atoms with E-state index in [9.17, 15) is 4.79 Å². The highest BCUT2D eigenvalue weighted by atomic mass is 16.1. The highest BCUT2D eigenvalue weighted by molar-refractivity contribution is 5.90. The molecule has 5 rings (SSSR count). The molecule has 0 bridgehead atoms. The molecule has 0 amide bonds. The van der Waals surface area contributed by atoms with E-state index in [0.29, 0.717) is 12.2 Å². The molecule has 6 nitrogen and oxygen atoms in total. The molecule has 1 aliphatic carbocycles. The topological polar surface area (TPSA) is 73.6 Å². The van der Waals surface area contributed by atoms with Gasteiger partial charge in [0.15, 0.2) is 11.6 Å². The molecule has 0 saturated heterocycles. The van der Waals surface area contributed by atoms with Gasteiger partial charge in [-0.05, 0) is 54.5 Å². The van der Waals surface area contributed by atoms with Crippen LogP contribution in [0.4, 0.5) is 0 Å². The molecule has 0 aliphatic heterocycles. The standard InChI is InChI=1S/C27H25N5O/c1-32-18-25(17-31-32)19-7-5-8-21(10-19)27-29-15-24(16-30-27)23-11-22(13-28-14-23)20-6-3-2-4-9-26(33)12-20/h4-5,7-11,13-18,20H,2-3,6,12H2,1H3. The fourth-order valence-electron chi connectivity index (χ4n) is 4.27. The van der Waals surface area contributed by atoms with Crippen molar-refractivity contribution in [3.05, 3.63) is 85.2 Å². The van der Waals surface area contributed by atoms with Crippen molar-refractivity contribution >= 4 is 5.78 Å². The van der Waals surface area contributed by atoms with Gasteiger partial charge in [0, 0.05) is 66.7 Å². The maximum absolute atomic E-state index is 12.1. The Morgan fingerprint density at radius 1 is 0.909 bits per heavy atom. The van der Waals surface area contributed by atoms with Crippen LogP contribution >= 0.6 is 0 Å². The maximum atomic E-state index is 12.1. The predicted octanol–water partition coefficient (Wildman–Crippen LogP) is 5.39. The fourth-order valence-corrected chi connectivity index (χ4v) is 4.27. The highest BCUT2D eigenvalue weighted by Crippen LogP contribution is 2.30. The third kappa shape index (κ3) is 4.80. The number of benzene rings is 1. The normalized spacial score (nSPS) is 16.4. The maximum Gasteiger partial charge on any atom is 0.159 e. The van der Waals surface area contributed by atoms with Crippen LogP contribution < -0.4 is 0 Å². The lowest BCUT2D eigenvalue weighted by Crippen LogP contribution is -2.08. The molecule has 6 heteroatoms. The largest absolute Gasteiger partial charge is 0.295 e. The van der Waals surface area contributed by atoms with Crippen LogP contribution in [0.5, 0.6) is 0 Å². The van der Waals surface area contributed by atoms with Gasteiger partial charge in [0.2, 0.25) is 0 Å². The molecule has 3 heterocycles. The minimum Gasteiger partial charge on any atom is -0.295 e. The van der Waals surface area contributed by atoms with Crippen molar-refractivity contribution in [1.29, 1.82) is 0 Å².